The minimum Gasteiger partial charge on any atom is -0.296 e. The molecule has 0 spiro atoms. The Morgan fingerprint density at radius 2 is 2.04 bits per heavy atom. The summed E-state index contributed by atoms with van der Waals surface area (Å²) in [7, 11) is -1.34. The lowest BCUT2D eigenvalue weighted by Crippen LogP contribution is -2.49. The molecule has 1 unspecified atom stereocenters. The summed E-state index contributed by atoms with van der Waals surface area (Å²) >= 11 is 0. The van der Waals surface area contributed by atoms with Crippen LogP contribution in [0.1, 0.15) is 49.8 Å². The Kier molecular flexibility index (Phi) is 5.09. The number of benzene rings is 1. The lowest BCUT2D eigenvalue weighted by atomic mass is 9.85. The van der Waals surface area contributed by atoms with E-state index in [1.54, 1.807) is 11.4 Å². The average Bonchev–Trinajstić information content (AvgIpc) is 2.58. The van der Waals surface area contributed by atoms with E-state index in [4.69, 9.17) is 0 Å². The molecule has 5 heteroatoms. The molecule has 2 aliphatic heterocycles. The van der Waals surface area contributed by atoms with Crippen molar-refractivity contribution in [1.29, 1.82) is 0 Å². The van der Waals surface area contributed by atoms with Crippen LogP contribution in [0.5, 0.6) is 0 Å². The van der Waals surface area contributed by atoms with Crippen LogP contribution < -0.4 is 0 Å². The van der Waals surface area contributed by atoms with E-state index < -0.39 is 10.0 Å². The van der Waals surface area contributed by atoms with Crippen LogP contribution in [0.15, 0.2) is 24.3 Å². The van der Waals surface area contributed by atoms with E-state index in [0.29, 0.717) is 6.04 Å². The Morgan fingerprint density at radius 3 is 2.83 bits per heavy atom. The summed E-state index contributed by atoms with van der Waals surface area (Å²) in [5.74, 6) is 0.279. The summed E-state index contributed by atoms with van der Waals surface area (Å²) in [6.45, 7) is 4.13. The first-order valence-electron chi connectivity index (χ1n) is 8.80. The third kappa shape index (κ3) is 3.47. The predicted molar refractivity (Wildman–Crippen MR) is 93.9 cm³/mol. The summed E-state index contributed by atoms with van der Waals surface area (Å²) in [5, 5.41) is 0. The van der Waals surface area contributed by atoms with Crippen LogP contribution in [0.4, 0.5) is 0 Å². The molecule has 0 aliphatic carbocycles. The first-order chi connectivity index (χ1) is 11.0. The Morgan fingerprint density at radius 1 is 1.26 bits per heavy atom. The van der Waals surface area contributed by atoms with Crippen LogP contribution in [0, 0.1) is 0 Å². The van der Waals surface area contributed by atoms with Gasteiger partial charge in [0.2, 0.25) is 10.0 Å². The fourth-order valence-electron chi connectivity index (χ4n) is 3.97. The van der Waals surface area contributed by atoms with Crippen LogP contribution in [0.25, 0.3) is 0 Å². The highest BCUT2D eigenvalue weighted by Gasteiger charge is 2.37. The molecular weight excluding hydrogens is 308 g/mol. The highest BCUT2D eigenvalue weighted by Crippen LogP contribution is 2.38. The molecule has 23 heavy (non-hydrogen) atoms. The zero-order chi connectivity index (χ0) is 16.4. The maximum Gasteiger partial charge on any atom is 0.214 e. The van der Waals surface area contributed by atoms with Crippen molar-refractivity contribution in [1.82, 2.24) is 9.21 Å². The number of sulfonamides is 1. The molecule has 0 bridgehead atoms. The molecule has 2 aliphatic rings. The van der Waals surface area contributed by atoms with Crippen molar-refractivity contribution in [2.75, 3.05) is 25.9 Å². The summed E-state index contributed by atoms with van der Waals surface area (Å²) in [6, 6.07) is 9.16. The van der Waals surface area contributed by atoms with Crippen molar-refractivity contribution in [3.8, 4) is 0 Å². The lowest BCUT2D eigenvalue weighted by molar-refractivity contribution is 0.0969. The standard InChI is InChI=1S/C18H28N2O2S/c1-3-4-13-23(21,22)19(2)16-10-12-20-11-9-15-7-5-6-8-17(15)18(20)14-16/h5-8,16,18H,3-4,9-14H2,1-2H3/t16?,18-/m1/s1. The Balaban J connectivity index is 1.76. The number of nitrogens with zero attached hydrogens (tertiary/aromatic N) is 2. The first-order valence-corrected chi connectivity index (χ1v) is 10.4. The van der Waals surface area contributed by atoms with Crippen LogP contribution in [-0.4, -0.2) is 49.6 Å². The number of piperidine rings is 1. The largest absolute Gasteiger partial charge is 0.296 e. The van der Waals surface area contributed by atoms with Crippen molar-refractivity contribution >= 4 is 10.0 Å². The fraction of sp³-hybridized carbons (Fsp3) is 0.667. The number of rotatable bonds is 5. The smallest absolute Gasteiger partial charge is 0.214 e. The maximum atomic E-state index is 12.5. The van der Waals surface area contributed by atoms with Gasteiger partial charge in [0.15, 0.2) is 0 Å². The Labute approximate surface area is 140 Å². The third-order valence-electron chi connectivity index (χ3n) is 5.48. The number of unbranched alkanes of at least 4 members (excludes halogenated alkanes) is 1. The minimum absolute atomic E-state index is 0.129. The van der Waals surface area contributed by atoms with Crippen LogP contribution >= 0.6 is 0 Å². The van der Waals surface area contributed by atoms with Crippen LogP contribution in [0.3, 0.4) is 0 Å². The van der Waals surface area contributed by atoms with Gasteiger partial charge in [0.05, 0.1) is 5.75 Å². The number of hydrogen-bond donors (Lipinski definition) is 0. The fourth-order valence-corrected chi connectivity index (χ4v) is 5.55. The molecule has 2 atom stereocenters. The van der Waals surface area contributed by atoms with Crippen molar-refractivity contribution in [2.45, 2.75) is 51.1 Å². The molecule has 2 heterocycles. The van der Waals surface area contributed by atoms with Crippen molar-refractivity contribution in [3.63, 3.8) is 0 Å². The molecule has 1 aromatic carbocycles. The topological polar surface area (TPSA) is 40.6 Å². The molecule has 0 radical (unpaired) electrons. The summed E-state index contributed by atoms with van der Waals surface area (Å²) < 4.78 is 26.7. The Bertz CT molecular complexity index is 644. The first kappa shape index (κ1) is 16.9. The van der Waals surface area contributed by atoms with Gasteiger partial charge in [-0.25, -0.2) is 12.7 Å². The minimum atomic E-state index is -3.12. The molecule has 0 saturated carbocycles. The van der Waals surface area contributed by atoms with Gasteiger partial charge in [0.25, 0.3) is 0 Å². The van der Waals surface area contributed by atoms with Gasteiger partial charge in [-0.15, -0.1) is 0 Å². The van der Waals surface area contributed by atoms with Crippen LogP contribution in [0.2, 0.25) is 0 Å². The van der Waals surface area contributed by atoms with E-state index in [9.17, 15) is 8.42 Å². The number of fused-ring (bicyclic) bond motifs is 3. The van der Waals surface area contributed by atoms with Gasteiger partial charge in [-0.05, 0) is 36.8 Å². The van der Waals surface area contributed by atoms with Gasteiger partial charge >= 0.3 is 0 Å². The zero-order valence-corrected chi connectivity index (χ0v) is 15.1. The van der Waals surface area contributed by atoms with Crippen molar-refractivity contribution < 1.29 is 8.42 Å². The van der Waals surface area contributed by atoms with Gasteiger partial charge in [0, 0.05) is 32.2 Å². The maximum absolute atomic E-state index is 12.5. The van der Waals surface area contributed by atoms with Gasteiger partial charge in [-0.2, -0.15) is 0 Å². The summed E-state index contributed by atoms with van der Waals surface area (Å²) in [4.78, 5) is 2.53. The molecule has 0 N–H and O–H groups in total. The van der Waals surface area contributed by atoms with E-state index >= 15 is 0 Å². The molecule has 4 nitrogen and oxygen atoms in total. The molecule has 0 amide bonds. The molecule has 128 valence electrons. The summed E-state index contributed by atoms with van der Waals surface area (Å²) in [6.07, 6.45) is 4.64. The summed E-state index contributed by atoms with van der Waals surface area (Å²) in [5.41, 5.74) is 2.84. The molecule has 3 rings (SSSR count). The lowest BCUT2D eigenvalue weighted by Gasteiger charge is -2.45. The van der Waals surface area contributed by atoms with Gasteiger partial charge in [-0.1, -0.05) is 37.6 Å². The second-order valence-electron chi connectivity index (χ2n) is 6.86. The second-order valence-corrected chi connectivity index (χ2v) is 9.01. The van der Waals surface area contributed by atoms with Crippen LogP contribution in [-0.2, 0) is 16.4 Å². The average molecular weight is 337 g/mol. The molecule has 0 aromatic heterocycles. The second kappa shape index (κ2) is 6.91. The van der Waals surface area contributed by atoms with Crippen molar-refractivity contribution in [2.24, 2.45) is 0 Å². The monoisotopic (exact) mass is 336 g/mol. The molecule has 1 fully saturated rings. The third-order valence-corrected chi connectivity index (χ3v) is 7.46. The van der Waals surface area contributed by atoms with E-state index in [2.05, 4.69) is 29.2 Å². The van der Waals surface area contributed by atoms with E-state index in [-0.39, 0.29) is 11.8 Å². The highest BCUT2D eigenvalue weighted by atomic mass is 32.2. The van der Waals surface area contributed by atoms with E-state index in [1.807, 2.05) is 6.92 Å². The van der Waals surface area contributed by atoms with E-state index in [1.165, 1.54) is 11.1 Å². The molecular formula is C18H28N2O2S. The molecule has 1 saturated heterocycles. The van der Waals surface area contributed by atoms with Gasteiger partial charge in [-0.3, -0.25) is 4.90 Å². The Hall–Kier alpha value is -0.910. The molecule has 1 aromatic rings. The van der Waals surface area contributed by atoms with Crippen molar-refractivity contribution in [3.05, 3.63) is 35.4 Å². The predicted octanol–water partition coefficient (Wildman–Crippen LogP) is 2.81. The van der Waals surface area contributed by atoms with E-state index in [0.717, 1.165) is 45.2 Å². The van der Waals surface area contributed by atoms with Gasteiger partial charge < -0.3 is 0 Å². The zero-order valence-electron chi connectivity index (χ0n) is 14.2. The number of hydrogen-bond acceptors (Lipinski definition) is 3. The highest BCUT2D eigenvalue weighted by molar-refractivity contribution is 7.89. The SMILES string of the molecule is CCCCS(=O)(=O)N(C)C1CCN2CCc3ccccc3[C@H]2C1. The quantitative estimate of drug-likeness (QED) is 0.830. The normalized spacial score (nSPS) is 25.2. The van der Waals surface area contributed by atoms with Gasteiger partial charge in [0.1, 0.15) is 0 Å².